The highest BCUT2D eigenvalue weighted by Gasteiger charge is 2.33. The molecular weight excluding hydrogens is 263 g/mol. The highest BCUT2D eigenvalue weighted by Crippen LogP contribution is 2.37. The van der Waals surface area contributed by atoms with Crippen molar-refractivity contribution < 1.29 is 18.3 Å². The first-order valence-electron chi connectivity index (χ1n) is 5.52. The standard InChI is InChI=1S/C12H16F3NOS/c1-8(6-17)7-18-11-3-2-9(5-16)4-10(11)12(13,14)15/h2-4,8,17H,5-7,16H2,1H3. The van der Waals surface area contributed by atoms with Crippen molar-refractivity contribution in [1.82, 2.24) is 0 Å². The summed E-state index contributed by atoms with van der Waals surface area (Å²) in [4.78, 5) is 0.181. The largest absolute Gasteiger partial charge is 0.417 e. The fourth-order valence-electron chi connectivity index (χ4n) is 1.34. The van der Waals surface area contributed by atoms with Crippen LogP contribution in [0.25, 0.3) is 0 Å². The van der Waals surface area contributed by atoms with Gasteiger partial charge in [0.2, 0.25) is 0 Å². The quantitative estimate of drug-likeness (QED) is 0.815. The molecule has 0 amide bonds. The molecule has 1 aromatic carbocycles. The molecule has 0 aliphatic rings. The summed E-state index contributed by atoms with van der Waals surface area (Å²) in [6.07, 6.45) is -4.38. The molecule has 0 saturated heterocycles. The highest BCUT2D eigenvalue weighted by molar-refractivity contribution is 7.99. The van der Waals surface area contributed by atoms with Crippen LogP contribution >= 0.6 is 11.8 Å². The van der Waals surface area contributed by atoms with Crippen molar-refractivity contribution in [3.8, 4) is 0 Å². The van der Waals surface area contributed by atoms with E-state index in [-0.39, 0.29) is 24.0 Å². The van der Waals surface area contributed by atoms with E-state index in [4.69, 9.17) is 10.8 Å². The number of thioether (sulfide) groups is 1. The van der Waals surface area contributed by atoms with Gasteiger partial charge in [-0.2, -0.15) is 13.2 Å². The smallest absolute Gasteiger partial charge is 0.396 e. The van der Waals surface area contributed by atoms with Crippen LogP contribution < -0.4 is 5.73 Å². The minimum Gasteiger partial charge on any atom is -0.396 e. The molecule has 2 nitrogen and oxygen atoms in total. The Kier molecular flexibility index (Phi) is 5.49. The third-order valence-corrected chi connectivity index (χ3v) is 3.82. The lowest BCUT2D eigenvalue weighted by Crippen LogP contribution is -2.10. The Morgan fingerprint density at radius 3 is 2.56 bits per heavy atom. The van der Waals surface area contributed by atoms with E-state index in [0.29, 0.717) is 11.3 Å². The number of rotatable bonds is 5. The average Bonchev–Trinajstić information content (AvgIpc) is 2.34. The minimum absolute atomic E-state index is 0.0325. The Balaban J connectivity index is 2.96. The van der Waals surface area contributed by atoms with Gasteiger partial charge in [0.05, 0.1) is 5.56 Å². The van der Waals surface area contributed by atoms with Crippen molar-refractivity contribution in [3.63, 3.8) is 0 Å². The third kappa shape index (κ3) is 4.19. The number of aliphatic hydroxyl groups is 1. The number of nitrogens with two attached hydrogens (primary N) is 1. The van der Waals surface area contributed by atoms with Crippen molar-refractivity contribution in [3.05, 3.63) is 29.3 Å². The molecule has 0 aromatic heterocycles. The number of hydrogen-bond acceptors (Lipinski definition) is 3. The average molecular weight is 279 g/mol. The van der Waals surface area contributed by atoms with Gasteiger partial charge < -0.3 is 10.8 Å². The number of halogens is 3. The molecule has 102 valence electrons. The number of hydrogen-bond donors (Lipinski definition) is 2. The summed E-state index contributed by atoms with van der Waals surface area (Å²) in [5, 5.41) is 8.87. The van der Waals surface area contributed by atoms with Crippen LogP contribution in [0.4, 0.5) is 13.2 Å². The van der Waals surface area contributed by atoms with Crippen LogP contribution in [0.1, 0.15) is 18.1 Å². The third-order valence-electron chi connectivity index (χ3n) is 2.42. The first kappa shape index (κ1) is 15.3. The second-order valence-electron chi connectivity index (χ2n) is 4.13. The Morgan fingerprint density at radius 2 is 2.06 bits per heavy atom. The maximum absolute atomic E-state index is 12.9. The van der Waals surface area contributed by atoms with Gasteiger partial charge in [-0.25, -0.2) is 0 Å². The van der Waals surface area contributed by atoms with Crippen LogP contribution in [-0.2, 0) is 12.7 Å². The molecule has 0 bridgehead atoms. The van der Waals surface area contributed by atoms with Gasteiger partial charge in [0.15, 0.2) is 0 Å². The Morgan fingerprint density at radius 1 is 1.39 bits per heavy atom. The second kappa shape index (κ2) is 6.45. The zero-order chi connectivity index (χ0) is 13.8. The number of aliphatic hydroxyl groups excluding tert-OH is 1. The van der Waals surface area contributed by atoms with Crippen LogP contribution in [0.2, 0.25) is 0 Å². The first-order chi connectivity index (χ1) is 8.38. The molecule has 1 rings (SSSR count). The maximum atomic E-state index is 12.9. The normalized spacial score (nSPS) is 13.7. The number of benzene rings is 1. The van der Waals surface area contributed by atoms with Gasteiger partial charge in [0, 0.05) is 23.8 Å². The fraction of sp³-hybridized carbons (Fsp3) is 0.500. The summed E-state index contributed by atoms with van der Waals surface area (Å²) in [6, 6.07) is 4.13. The van der Waals surface area contributed by atoms with Crippen molar-refractivity contribution in [2.75, 3.05) is 12.4 Å². The van der Waals surface area contributed by atoms with Crippen molar-refractivity contribution in [1.29, 1.82) is 0 Å². The fourth-order valence-corrected chi connectivity index (χ4v) is 2.40. The topological polar surface area (TPSA) is 46.2 Å². The van der Waals surface area contributed by atoms with Crippen LogP contribution in [0.5, 0.6) is 0 Å². The van der Waals surface area contributed by atoms with Gasteiger partial charge in [-0.1, -0.05) is 13.0 Å². The van der Waals surface area contributed by atoms with Gasteiger partial charge in [-0.3, -0.25) is 0 Å². The predicted molar refractivity (Wildman–Crippen MR) is 66.3 cm³/mol. The number of alkyl halides is 3. The lowest BCUT2D eigenvalue weighted by atomic mass is 10.1. The Labute approximate surface area is 108 Å². The highest BCUT2D eigenvalue weighted by atomic mass is 32.2. The van der Waals surface area contributed by atoms with E-state index in [1.54, 1.807) is 13.0 Å². The molecule has 0 heterocycles. The van der Waals surface area contributed by atoms with Crippen molar-refractivity contribution in [2.24, 2.45) is 11.7 Å². The molecule has 18 heavy (non-hydrogen) atoms. The van der Waals surface area contributed by atoms with Gasteiger partial charge in [0.25, 0.3) is 0 Å². The Bertz CT molecular complexity index is 395. The first-order valence-corrected chi connectivity index (χ1v) is 6.51. The molecule has 0 aliphatic carbocycles. The zero-order valence-electron chi connectivity index (χ0n) is 10.00. The molecule has 0 saturated carbocycles. The molecule has 0 fully saturated rings. The minimum atomic E-state index is -4.38. The monoisotopic (exact) mass is 279 g/mol. The molecule has 1 aromatic rings. The summed E-state index contributed by atoms with van der Waals surface area (Å²) in [5.41, 5.74) is 5.16. The van der Waals surface area contributed by atoms with Gasteiger partial charge >= 0.3 is 6.18 Å². The van der Waals surface area contributed by atoms with E-state index < -0.39 is 11.7 Å². The van der Waals surface area contributed by atoms with E-state index in [9.17, 15) is 13.2 Å². The van der Waals surface area contributed by atoms with Crippen LogP contribution in [0, 0.1) is 5.92 Å². The van der Waals surface area contributed by atoms with Crippen LogP contribution in [-0.4, -0.2) is 17.5 Å². The van der Waals surface area contributed by atoms with Crippen LogP contribution in [0.15, 0.2) is 23.1 Å². The molecular formula is C12H16F3NOS. The Hall–Kier alpha value is -0.720. The zero-order valence-corrected chi connectivity index (χ0v) is 10.8. The summed E-state index contributed by atoms with van der Waals surface area (Å²) < 4.78 is 38.6. The van der Waals surface area contributed by atoms with E-state index in [0.717, 1.165) is 17.8 Å². The van der Waals surface area contributed by atoms with E-state index in [1.807, 2.05) is 0 Å². The van der Waals surface area contributed by atoms with Gasteiger partial charge in [0.1, 0.15) is 0 Å². The van der Waals surface area contributed by atoms with Crippen molar-refractivity contribution in [2.45, 2.75) is 24.5 Å². The van der Waals surface area contributed by atoms with Gasteiger partial charge in [-0.15, -0.1) is 11.8 Å². The summed E-state index contributed by atoms with van der Waals surface area (Å²) in [5.74, 6) is 0.409. The predicted octanol–water partition coefficient (Wildman–Crippen LogP) is 2.88. The summed E-state index contributed by atoms with van der Waals surface area (Å²) >= 11 is 1.10. The van der Waals surface area contributed by atoms with Crippen molar-refractivity contribution >= 4 is 11.8 Å². The maximum Gasteiger partial charge on any atom is 0.417 e. The molecule has 6 heteroatoms. The molecule has 0 radical (unpaired) electrons. The molecule has 0 spiro atoms. The van der Waals surface area contributed by atoms with Gasteiger partial charge in [-0.05, 0) is 23.6 Å². The molecule has 1 atom stereocenters. The second-order valence-corrected chi connectivity index (χ2v) is 5.19. The van der Waals surface area contributed by atoms with E-state index >= 15 is 0 Å². The van der Waals surface area contributed by atoms with E-state index in [2.05, 4.69) is 0 Å². The lowest BCUT2D eigenvalue weighted by molar-refractivity contribution is -0.139. The summed E-state index contributed by atoms with van der Waals surface area (Å²) in [7, 11) is 0. The van der Waals surface area contributed by atoms with E-state index in [1.165, 1.54) is 6.07 Å². The SMILES string of the molecule is CC(CO)CSc1ccc(CN)cc1C(F)(F)F. The molecule has 3 N–H and O–H groups in total. The summed E-state index contributed by atoms with van der Waals surface area (Å²) in [6.45, 7) is 1.84. The molecule has 0 aliphatic heterocycles. The molecule has 1 unspecified atom stereocenters. The lowest BCUT2D eigenvalue weighted by Gasteiger charge is -2.15. The van der Waals surface area contributed by atoms with Crippen LogP contribution in [0.3, 0.4) is 0 Å².